The number of aromatic nitrogens is 4. The summed E-state index contributed by atoms with van der Waals surface area (Å²) < 4.78 is 1.59. The zero-order valence-corrected chi connectivity index (χ0v) is 11.2. The second-order valence-corrected chi connectivity index (χ2v) is 4.98. The number of primary amides is 1. The van der Waals surface area contributed by atoms with E-state index in [1.807, 2.05) is 0 Å². The molecule has 0 atom stereocenters. The lowest BCUT2D eigenvalue weighted by atomic mass is 10.1. The van der Waals surface area contributed by atoms with E-state index in [0.717, 1.165) is 0 Å². The highest BCUT2D eigenvalue weighted by Crippen LogP contribution is 2.16. The molecule has 0 aliphatic carbocycles. The van der Waals surface area contributed by atoms with Crippen LogP contribution in [-0.2, 0) is 6.54 Å². The van der Waals surface area contributed by atoms with E-state index in [1.54, 1.807) is 30.9 Å². The molecule has 8 nitrogen and oxygen atoms in total. The fourth-order valence-corrected chi connectivity index (χ4v) is 1.66. The van der Waals surface area contributed by atoms with E-state index in [9.17, 15) is 9.90 Å². The highest BCUT2D eigenvalue weighted by atomic mass is 16.3. The van der Waals surface area contributed by atoms with E-state index in [-0.39, 0.29) is 11.5 Å². The number of rotatable bonds is 5. The Balaban J connectivity index is 2.17. The Morgan fingerprint density at radius 1 is 1.45 bits per heavy atom. The van der Waals surface area contributed by atoms with Gasteiger partial charge in [-0.1, -0.05) is 0 Å². The Hall–Kier alpha value is -2.48. The third-order valence-corrected chi connectivity index (χ3v) is 2.38. The normalized spacial score (nSPS) is 11.3. The maximum Gasteiger partial charge on any atom is 0.271 e. The third-order valence-electron chi connectivity index (χ3n) is 2.38. The topological polar surface area (TPSA) is 119 Å². The number of nitrogens with two attached hydrogens (primary N) is 1. The van der Waals surface area contributed by atoms with Gasteiger partial charge in [0.2, 0.25) is 0 Å². The van der Waals surface area contributed by atoms with Gasteiger partial charge in [0.05, 0.1) is 24.0 Å². The van der Waals surface area contributed by atoms with E-state index in [4.69, 9.17) is 5.73 Å². The Morgan fingerprint density at radius 2 is 2.15 bits per heavy atom. The van der Waals surface area contributed by atoms with Crippen LogP contribution in [0.5, 0.6) is 0 Å². The highest BCUT2D eigenvalue weighted by Gasteiger charge is 2.15. The maximum atomic E-state index is 11.2. The zero-order chi connectivity index (χ0) is 14.8. The van der Waals surface area contributed by atoms with Gasteiger partial charge in [-0.25, -0.2) is 9.97 Å². The Kier molecular flexibility index (Phi) is 3.66. The summed E-state index contributed by atoms with van der Waals surface area (Å²) in [6, 6.07) is 0. The molecule has 1 amide bonds. The Bertz CT molecular complexity index is 616. The van der Waals surface area contributed by atoms with Crippen molar-refractivity contribution < 1.29 is 9.90 Å². The fourth-order valence-electron chi connectivity index (χ4n) is 1.66. The first kappa shape index (κ1) is 13.9. The molecule has 8 heteroatoms. The zero-order valence-electron chi connectivity index (χ0n) is 11.2. The molecule has 0 spiro atoms. The molecule has 0 aliphatic rings. The van der Waals surface area contributed by atoms with Crippen LogP contribution in [0.2, 0.25) is 0 Å². The van der Waals surface area contributed by atoms with E-state index in [2.05, 4.69) is 20.4 Å². The van der Waals surface area contributed by atoms with Crippen LogP contribution in [0.4, 0.5) is 11.5 Å². The quantitative estimate of drug-likeness (QED) is 0.722. The van der Waals surface area contributed by atoms with Crippen molar-refractivity contribution in [2.45, 2.75) is 26.0 Å². The van der Waals surface area contributed by atoms with Crippen molar-refractivity contribution in [1.82, 2.24) is 19.7 Å². The summed E-state index contributed by atoms with van der Waals surface area (Å²) in [5.41, 5.74) is 5.04. The van der Waals surface area contributed by atoms with Crippen LogP contribution < -0.4 is 11.1 Å². The number of nitrogens with one attached hydrogen (secondary N) is 1. The van der Waals surface area contributed by atoms with Gasteiger partial charge < -0.3 is 16.2 Å². The molecule has 2 rings (SSSR count). The minimum absolute atomic E-state index is 0.0581. The number of hydrogen-bond acceptors (Lipinski definition) is 6. The van der Waals surface area contributed by atoms with E-state index < -0.39 is 11.5 Å². The molecule has 0 fully saturated rings. The van der Waals surface area contributed by atoms with Crippen molar-refractivity contribution in [2.24, 2.45) is 5.73 Å². The summed E-state index contributed by atoms with van der Waals surface area (Å²) >= 11 is 0. The summed E-state index contributed by atoms with van der Waals surface area (Å²) in [6.45, 7) is 3.73. The van der Waals surface area contributed by atoms with E-state index >= 15 is 0 Å². The number of hydrogen-bond donors (Lipinski definition) is 3. The minimum Gasteiger partial charge on any atom is -0.389 e. The molecule has 2 aromatic heterocycles. The molecule has 0 aliphatic heterocycles. The first-order valence-electron chi connectivity index (χ1n) is 5.98. The molecule has 0 radical (unpaired) electrons. The predicted molar refractivity (Wildman–Crippen MR) is 72.4 cm³/mol. The van der Waals surface area contributed by atoms with Crippen molar-refractivity contribution in [3.8, 4) is 0 Å². The molecular weight excluding hydrogens is 260 g/mol. The number of carbonyl (C=O) groups excluding carboxylic acids is 1. The number of nitrogens with zero attached hydrogens (tertiary/aromatic N) is 4. The largest absolute Gasteiger partial charge is 0.389 e. The van der Waals surface area contributed by atoms with Crippen LogP contribution in [0.1, 0.15) is 24.3 Å². The number of aliphatic hydroxyl groups is 1. The molecule has 0 aromatic carbocycles. The lowest BCUT2D eigenvalue weighted by Crippen LogP contribution is -2.26. The summed E-state index contributed by atoms with van der Waals surface area (Å²) in [5, 5.41) is 16.7. The number of carbonyl (C=O) groups is 1. The van der Waals surface area contributed by atoms with E-state index in [1.165, 1.54) is 12.4 Å². The highest BCUT2D eigenvalue weighted by molar-refractivity contribution is 5.96. The first-order chi connectivity index (χ1) is 9.35. The molecule has 20 heavy (non-hydrogen) atoms. The molecule has 0 saturated carbocycles. The summed E-state index contributed by atoms with van der Waals surface area (Å²) in [5.74, 6) is -0.396. The van der Waals surface area contributed by atoms with Gasteiger partial charge in [-0.15, -0.1) is 0 Å². The minimum atomic E-state index is -0.867. The van der Waals surface area contributed by atoms with Crippen molar-refractivity contribution in [1.29, 1.82) is 0 Å². The fraction of sp³-hybridized carbons (Fsp3) is 0.333. The molecule has 4 N–H and O–H groups in total. The van der Waals surface area contributed by atoms with Crippen molar-refractivity contribution in [3.63, 3.8) is 0 Å². The number of anilines is 2. The van der Waals surface area contributed by atoms with Crippen LogP contribution >= 0.6 is 0 Å². The second-order valence-electron chi connectivity index (χ2n) is 4.98. The van der Waals surface area contributed by atoms with Gasteiger partial charge in [-0.3, -0.25) is 9.48 Å². The molecule has 0 saturated heterocycles. The lowest BCUT2D eigenvalue weighted by molar-refractivity contribution is 0.0577. The van der Waals surface area contributed by atoms with Gasteiger partial charge in [0.25, 0.3) is 5.91 Å². The molecule has 106 valence electrons. The van der Waals surface area contributed by atoms with Crippen molar-refractivity contribution in [3.05, 3.63) is 30.5 Å². The molecule has 0 bridgehead atoms. The maximum absolute atomic E-state index is 11.2. The molecule has 2 heterocycles. The van der Waals surface area contributed by atoms with Crippen LogP contribution in [0.3, 0.4) is 0 Å². The lowest BCUT2D eigenvalue weighted by Gasteiger charge is -2.16. The van der Waals surface area contributed by atoms with Crippen molar-refractivity contribution >= 4 is 17.4 Å². The SMILES string of the molecule is CC(C)(O)Cn1cc(Nc2nccnc2C(N)=O)cn1. The van der Waals surface area contributed by atoms with Crippen LogP contribution in [0.15, 0.2) is 24.8 Å². The van der Waals surface area contributed by atoms with Gasteiger partial charge >= 0.3 is 0 Å². The van der Waals surface area contributed by atoms with Gasteiger partial charge in [0.1, 0.15) is 0 Å². The van der Waals surface area contributed by atoms with E-state index in [0.29, 0.717) is 12.2 Å². The monoisotopic (exact) mass is 276 g/mol. The second kappa shape index (κ2) is 5.25. The van der Waals surface area contributed by atoms with Gasteiger partial charge in [-0.2, -0.15) is 5.10 Å². The average molecular weight is 276 g/mol. The van der Waals surface area contributed by atoms with Crippen LogP contribution in [-0.4, -0.2) is 36.4 Å². The van der Waals surface area contributed by atoms with Crippen molar-refractivity contribution in [2.75, 3.05) is 5.32 Å². The van der Waals surface area contributed by atoms with Gasteiger partial charge in [-0.05, 0) is 13.8 Å². The summed E-state index contributed by atoms with van der Waals surface area (Å²) in [4.78, 5) is 19.1. The van der Waals surface area contributed by atoms with Gasteiger partial charge in [0, 0.05) is 18.6 Å². The molecule has 2 aromatic rings. The van der Waals surface area contributed by atoms with Crippen LogP contribution in [0.25, 0.3) is 0 Å². The smallest absolute Gasteiger partial charge is 0.271 e. The number of amides is 1. The Labute approximate surface area is 115 Å². The average Bonchev–Trinajstić information content (AvgIpc) is 2.74. The summed E-state index contributed by atoms with van der Waals surface area (Å²) in [6.07, 6.45) is 6.10. The molecular formula is C12H16N6O2. The van der Waals surface area contributed by atoms with Crippen LogP contribution in [0, 0.1) is 0 Å². The molecule has 0 unspecified atom stereocenters. The predicted octanol–water partition coefficient (Wildman–Crippen LogP) is 0.286. The van der Waals surface area contributed by atoms with Gasteiger partial charge in [0.15, 0.2) is 11.5 Å². The third kappa shape index (κ3) is 3.51. The summed E-state index contributed by atoms with van der Waals surface area (Å²) in [7, 11) is 0. The first-order valence-corrected chi connectivity index (χ1v) is 5.98. The Morgan fingerprint density at radius 3 is 2.80 bits per heavy atom. The standard InChI is InChI=1S/C12H16N6O2/c1-12(2,20)7-18-6-8(5-16-18)17-11-9(10(13)19)14-3-4-15-11/h3-6,20H,7H2,1-2H3,(H2,13,19)(H,15,17).